The molecule has 1 aliphatic carbocycles. The molecule has 0 saturated heterocycles. The van der Waals surface area contributed by atoms with Crippen LogP contribution in [0, 0.1) is 23.7 Å². The lowest BCUT2D eigenvalue weighted by molar-refractivity contribution is 0.337. The lowest BCUT2D eigenvalue weighted by Gasteiger charge is -2.21. The molecule has 1 saturated carbocycles. The van der Waals surface area contributed by atoms with Crippen LogP contribution in [-0.2, 0) is 0 Å². The van der Waals surface area contributed by atoms with E-state index in [4.69, 9.17) is 11.6 Å². The molecule has 0 aliphatic heterocycles. The fourth-order valence-electron chi connectivity index (χ4n) is 2.12. The number of hydrogen-bond acceptors (Lipinski definition) is 0. The fraction of sp³-hybridized carbons (Fsp3) is 0.467. The van der Waals surface area contributed by atoms with E-state index in [0.29, 0.717) is 5.92 Å². The van der Waals surface area contributed by atoms with Crippen molar-refractivity contribution in [1.29, 1.82) is 0 Å². The molecular formula is C15H17Cl. The maximum absolute atomic E-state index is 5.83. The molecule has 1 aromatic carbocycles. The summed E-state index contributed by atoms with van der Waals surface area (Å²) in [6, 6.07) is 7.77. The van der Waals surface area contributed by atoms with Gasteiger partial charge in [0.15, 0.2) is 0 Å². The van der Waals surface area contributed by atoms with E-state index >= 15 is 0 Å². The summed E-state index contributed by atoms with van der Waals surface area (Å²) in [7, 11) is 0. The Bertz CT molecular complexity index is 386. The summed E-state index contributed by atoms with van der Waals surface area (Å²) < 4.78 is 0. The molecule has 1 aliphatic rings. The van der Waals surface area contributed by atoms with Crippen LogP contribution in [0.4, 0.5) is 0 Å². The van der Waals surface area contributed by atoms with Crippen LogP contribution in [-0.4, -0.2) is 0 Å². The summed E-state index contributed by atoms with van der Waals surface area (Å²) in [5.41, 5.74) is 1.07. The van der Waals surface area contributed by atoms with Crippen molar-refractivity contribution in [3.63, 3.8) is 0 Å². The Hall–Kier alpha value is -0.930. The summed E-state index contributed by atoms with van der Waals surface area (Å²) in [5.74, 6) is 8.13. The molecule has 0 spiro atoms. The number of rotatable bonds is 0. The Balaban J connectivity index is 1.96. The minimum absolute atomic E-state index is 0.604. The second kappa shape index (κ2) is 5.41. The monoisotopic (exact) mass is 232 g/mol. The molecule has 84 valence electrons. The molecule has 0 unspecified atom stereocenters. The first-order valence-corrected chi connectivity index (χ1v) is 6.39. The predicted octanol–water partition coefficient (Wildman–Crippen LogP) is 4.52. The summed E-state index contributed by atoms with van der Waals surface area (Å²) in [6.45, 7) is 2.34. The lowest BCUT2D eigenvalue weighted by Crippen LogP contribution is -2.10. The first-order valence-electron chi connectivity index (χ1n) is 6.01. The van der Waals surface area contributed by atoms with Crippen molar-refractivity contribution >= 4 is 11.6 Å². The summed E-state index contributed by atoms with van der Waals surface area (Å²) in [5, 5.41) is 0.775. The SMILES string of the molecule is C[C@H]1CC[C@H](C#Cc2ccc(Cl)cc2)CC1. The highest BCUT2D eigenvalue weighted by Gasteiger charge is 2.15. The Morgan fingerprint density at radius 1 is 1.06 bits per heavy atom. The highest BCUT2D eigenvalue weighted by atomic mass is 35.5. The van der Waals surface area contributed by atoms with Gasteiger partial charge in [-0.05, 0) is 55.9 Å². The van der Waals surface area contributed by atoms with E-state index in [1.54, 1.807) is 0 Å². The third-order valence-electron chi connectivity index (χ3n) is 3.28. The largest absolute Gasteiger partial charge is 0.0945 e. The van der Waals surface area contributed by atoms with Gasteiger partial charge >= 0.3 is 0 Å². The maximum atomic E-state index is 5.83. The van der Waals surface area contributed by atoms with E-state index in [1.807, 2.05) is 24.3 Å². The highest BCUT2D eigenvalue weighted by molar-refractivity contribution is 6.30. The first kappa shape index (κ1) is 11.6. The van der Waals surface area contributed by atoms with E-state index in [1.165, 1.54) is 25.7 Å². The van der Waals surface area contributed by atoms with Gasteiger partial charge in [-0.2, -0.15) is 0 Å². The standard InChI is InChI=1S/C15H17Cl/c1-12-2-4-13(5-3-12)6-7-14-8-10-15(16)11-9-14/h8-13H,2-5H2,1H3/t12-,13-. The molecule has 1 aromatic rings. The third kappa shape index (κ3) is 3.29. The highest BCUT2D eigenvalue weighted by Crippen LogP contribution is 2.27. The minimum atomic E-state index is 0.604. The Morgan fingerprint density at radius 3 is 2.31 bits per heavy atom. The molecule has 16 heavy (non-hydrogen) atoms. The van der Waals surface area contributed by atoms with Gasteiger partial charge in [-0.15, -0.1) is 0 Å². The van der Waals surface area contributed by atoms with E-state index < -0.39 is 0 Å². The Kier molecular flexibility index (Phi) is 3.91. The predicted molar refractivity (Wildman–Crippen MR) is 69.5 cm³/mol. The van der Waals surface area contributed by atoms with Crippen molar-refractivity contribution in [3.05, 3.63) is 34.9 Å². The smallest absolute Gasteiger partial charge is 0.0406 e. The van der Waals surface area contributed by atoms with Gasteiger partial charge in [0.1, 0.15) is 0 Å². The zero-order chi connectivity index (χ0) is 11.4. The fourth-order valence-corrected chi connectivity index (χ4v) is 2.25. The van der Waals surface area contributed by atoms with Gasteiger partial charge in [0.05, 0.1) is 0 Å². The molecule has 0 radical (unpaired) electrons. The van der Waals surface area contributed by atoms with Crippen LogP contribution in [0.2, 0.25) is 5.02 Å². The van der Waals surface area contributed by atoms with E-state index in [0.717, 1.165) is 16.5 Å². The van der Waals surface area contributed by atoms with Crippen molar-refractivity contribution in [2.45, 2.75) is 32.6 Å². The molecular weight excluding hydrogens is 216 g/mol. The van der Waals surface area contributed by atoms with E-state index in [2.05, 4.69) is 18.8 Å². The number of halogens is 1. The van der Waals surface area contributed by atoms with Crippen LogP contribution >= 0.6 is 11.6 Å². The molecule has 1 heteroatoms. The van der Waals surface area contributed by atoms with Crippen molar-refractivity contribution in [1.82, 2.24) is 0 Å². The molecule has 0 nitrogen and oxygen atoms in total. The second-order valence-electron chi connectivity index (χ2n) is 4.73. The molecule has 0 heterocycles. The van der Waals surface area contributed by atoms with Gasteiger partial charge in [-0.25, -0.2) is 0 Å². The van der Waals surface area contributed by atoms with Crippen LogP contribution < -0.4 is 0 Å². The minimum Gasteiger partial charge on any atom is -0.0945 e. The molecule has 0 N–H and O–H groups in total. The van der Waals surface area contributed by atoms with Crippen LogP contribution in [0.5, 0.6) is 0 Å². The average Bonchev–Trinajstić information content (AvgIpc) is 2.30. The van der Waals surface area contributed by atoms with Gasteiger partial charge < -0.3 is 0 Å². The molecule has 0 bridgehead atoms. The summed E-state index contributed by atoms with van der Waals surface area (Å²) in [6.07, 6.45) is 5.20. The summed E-state index contributed by atoms with van der Waals surface area (Å²) in [4.78, 5) is 0. The van der Waals surface area contributed by atoms with Crippen LogP contribution in [0.25, 0.3) is 0 Å². The second-order valence-corrected chi connectivity index (χ2v) is 5.17. The lowest BCUT2D eigenvalue weighted by atomic mass is 9.83. The van der Waals surface area contributed by atoms with Crippen molar-refractivity contribution in [2.24, 2.45) is 11.8 Å². The molecule has 2 rings (SSSR count). The van der Waals surface area contributed by atoms with Crippen molar-refractivity contribution in [3.8, 4) is 11.8 Å². The van der Waals surface area contributed by atoms with Gasteiger partial charge in [0, 0.05) is 16.5 Å². The number of hydrogen-bond donors (Lipinski definition) is 0. The Labute approximate surface area is 103 Å². The van der Waals surface area contributed by atoms with E-state index in [9.17, 15) is 0 Å². The van der Waals surface area contributed by atoms with Crippen molar-refractivity contribution < 1.29 is 0 Å². The Morgan fingerprint density at radius 2 is 1.69 bits per heavy atom. The van der Waals surface area contributed by atoms with Crippen LogP contribution in [0.1, 0.15) is 38.2 Å². The quantitative estimate of drug-likeness (QED) is 0.577. The average molecular weight is 233 g/mol. The normalized spacial score (nSPS) is 24.6. The van der Waals surface area contributed by atoms with Gasteiger partial charge in [-0.3, -0.25) is 0 Å². The summed E-state index contributed by atoms with van der Waals surface area (Å²) >= 11 is 5.83. The molecule has 0 atom stereocenters. The van der Waals surface area contributed by atoms with Gasteiger partial charge in [0.25, 0.3) is 0 Å². The number of benzene rings is 1. The molecule has 1 fully saturated rings. The zero-order valence-electron chi connectivity index (χ0n) is 9.67. The molecule has 0 aromatic heterocycles. The topological polar surface area (TPSA) is 0 Å². The third-order valence-corrected chi connectivity index (χ3v) is 3.53. The zero-order valence-corrected chi connectivity index (χ0v) is 10.4. The first-order chi connectivity index (χ1) is 7.74. The maximum Gasteiger partial charge on any atom is 0.0406 e. The van der Waals surface area contributed by atoms with Gasteiger partial charge in [-0.1, -0.05) is 30.4 Å². The molecule has 0 amide bonds. The van der Waals surface area contributed by atoms with Gasteiger partial charge in [0.2, 0.25) is 0 Å². The van der Waals surface area contributed by atoms with Crippen molar-refractivity contribution in [2.75, 3.05) is 0 Å². The van der Waals surface area contributed by atoms with E-state index in [-0.39, 0.29) is 0 Å². The van der Waals surface area contributed by atoms with Crippen LogP contribution in [0.15, 0.2) is 24.3 Å². The van der Waals surface area contributed by atoms with Crippen LogP contribution in [0.3, 0.4) is 0 Å².